The average Bonchev–Trinajstić information content (AvgIpc) is 3.27. The molecule has 5 heteroatoms. The molecule has 0 amide bonds. The fourth-order valence-corrected chi connectivity index (χ4v) is 3.19. The minimum atomic E-state index is 0.00901. The summed E-state index contributed by atoms with van der Waals surface area (Å²) in [5, 5.41) is 8.93. The van der Waals surface area contributed by atoms with E-state index in [9.17, 15) is 0 Å². The predicted molar refractivity (Wildman–Crippen MR) is 95.8 cm³/mol. The first-order valence-corrected chi connectivity index (χ1v) is 8.38. The molecule has 2 radical (unpaired) electrons. The van der Waals surface area contributed by atoms with Gasteiger partial charge in [0.05, 0.1) is 5.52 Å². The van der Waals surface area contributed by atoms with E-state index in [-0.39, 0.29) is 11.2 Å². The van der Waals surface area contributed by atoms with Gasteiger partial charge in [-0.3, -0.25) is 0 Å². The second kappa shape index (κ2) is 5.17. The maximum Gasteiger partial charge on any atom is 0.265 e. The van der Waals surface area contributed by atoms with Crippen molar-refractivity contribution in [2.24, 2.45) is 0 Å². The zero-order valence-electron chi connectivity index (χ0n) is 14.6. The van der Waals surface area contributed by atoms with Crippen LogP contribution in [0.5, 0.6) is 0 Å². The second-order valence-electron chi connectivity index (χ2n) is 7.76. The van der Waals surface area contributed by atoms with Crippen LogP contribution in [0.3, 0.4) is 0 Å². The molecular weight excluding hydrogens is 297 g/mol. The van der Waals surface area contributed by atoms with Crippen LogP contribution in [0.2, 0.25) is 0 Å². The Balaban J connectivity index is 2.00. The number of hydrogen-bond acceptors (Lipinski definition) is 4. The summed E-state index contributed by atoms with van der Waals surface area (Å²) < 4.78 is 5.36. The Hall–Kier alpha value is -2.17. The lowest BCUT2D eigenvalue weighted by molar-refractivity contribution is 0.592. The number of fused-ring (bicyclic) bond motifs is 1. The fourth-order valence-electron chi connectivity index (χ4n) is 3.19. The van der Waals surface area contributed by atoms with Gasteiger partial charge in [0, 0.05) is 5.39 Å². The van der Waals surface area contributed by atoms with Gasteiger partial charge in [0.25, 0.3) is 5.89 Å². The minimum absolute atomic E-state index is 0.00901. The summed E-state index contributed by atoms with van der Waals surface area (Å²) in [5.74, 6) is 1.14. The summed E-state index contributed by atoms with van der Waals surface area (Å²) >= 11 is 0. The highest BCUT2D eigenvalue weighted by Crippen LogP contribution is 2.43. The van der Waals surface area contributed by atoms with Gasteiger partial charge in [-0.15, -0.1) is 10.2 Å². The van der Waals surface area contributed by atoms with Crippen molar-refractivity contribution in [3.63, 3.8) is 0 Å². The van der Waals surface area contributed by atoms with Crippen molar-refractivity contribution >= 4 is 24.5 Å². The maximum absolute atomic E-state index is 5.56. The molecule has 24 heavy (non-hydrogen) atoms. The van der Waals surface area contributed by atoms with Gasteiger partial charge in [0.15, 0.2) is 13.6 Å². The predicted octanol–water partition coefficient (Wildman–Crippen LogP) is 3.56. The van der Waals surface area contributed by atoms with Crippen molar-refractivity contribution in [2.75, 3.05) is 0 Å². The largest absolute Gasteiger partial charge is 0.431 e. The number of benzene rings is 1. The van der Waals surface area contributed by atoms with E-state index in [0.29, 0.717) is 17.5 Å². The van der Waals surface area contributed by atoms with E-state index in [4.69, 9.17) is 17.2 Å². The van der Waals surface area contributed by atoms with Gasteiger partial charge in [-0.1, -0.05) is 26.8 Å². The molecule has 0 bridgehead atoms. The monoisotopic (exact) mass is 317 g/mol. The Morgan fingerprint density at radius 2 is 1.88 bits per heavy atom. The van der Waals surface area contributed by atoms with Crippen LogP contribution in [0.4, 0.5) is 0 Å². The number of pyridine rings is 1. The fraction of sp³-hybridized carbons (Fsp3) is 0.421. The molecule has 4 rings (SSSR count). The molecular formula is C19H20BN3O. The molecule has 1 saturated carbocycles. The molecule has 1 aliphatic rings. The van der Waals surface area contributed by atoms with Crippen molar-refractivity contribution < 1.29 is 4.42 Å². The van der Waals surface area contributed by atoms with Crippen LogP contribution in [0.15, 0.2) is 22.6 Å². The summed E-state index contributed by atoms with van der Waals surface area (Å²) in [6.45, 7) is 8.79. The highest BCUT2D eigenvalue weighted by atomic mass is 16.4. The SMILES string of the molecule is [B]c1nnc(-c2cc(C)c3cc(C4CC4)cc(C(C)(C)C)c3n2)o1. The van der Waals surface area contributed by atoms with Gasteiger partial charge in [-0.05, 0) is 59.9 Å². The van der Waals surface area contributed by atoms with Gasteiger partial charge in [-0.25, -0.2) is 4.98 Å². The molecule has 0 aliphatic heterocycles. The third kappa shape index (κ3) is 2.62. The van der Waals surface area contributed by atoms with E-state index < -0.39 is 0 Å². The van der Waals surface area contributed by atoms with E-state index in [1.807, 2.05) is 6.07 Å². The van der Waals surface area contributed by atoms with E-state index in [1.54, 1.807) is 0 Å². The van der Waals surface area contributed by atoms with E-state index in [2.05, 4.69) is 50.0 Å². The lowest BCUT2D eigenvalue weighted by Crippen LogP contribution is -2.13. The van der Waals surface area contributed by atoms with Crippen LogP contribution >= 0.6 is 0 Å². The van der Waals surface area contributed by atoms with Gasteiger partial charge < -0.3 is 4.42 Å². The van der Waals surface area contributed by atoms with E-state index in [0.717, 1.165) is 5.52 Å². The Kier molecular flexibility index (Phi) is 3.31. The molecule has 0 saturated heterocycles. The Morgan fingerprint density at radius 1 is 1.12 bits per heavy atom. The summed E-state index contributed by atoms with van der Waals surface area (Å²) in [7, 11) is 5.56. The van der Waals surface area contributed by atoms with Crippen LogP contribution in [-0.2, 0) is 5.41 Å². The Labute approximate surface area is 143 Å². The second-order valence-corrected chi connectivity index (χ2v) is 7.76. The first kappa shape index (κ1) is 15.4. The number of hydrogen-bond donors (Lipinski definition) is 0. The first-order chi connectivity index (χ1) is 11.3. The summed E-state index contributed by atoms with van der Waals surface area (Å²) in [4.78, 5) is 4.86. The first-order valence-electron chi connectivity index (χ1n) is 8.38. The quantitative estimate of drug-likeness (QED) is 0.678. The number of nitrogens with zero attached hydrogens (tertiary/aromatic N) is 3. The van der Waals surface area contributed by atoms with E-state index in [1.165, 1.54) is 34.9 Å². The van der Waals surface area contributed by atoms with Crippen molar-refractivity contribution in [1.29, 1.82) is 0 Å². The van der Waals surface area contributed by atoms with Crippen LogP contribution in [0.1, 0.15) is 56.2 Å². The number of aromatic nitrogens is 3. The normalized spacial score (nSPS) is 15.2. The van der Waals surface area contributed by atoms with Crippen molar-refractivity contribution in [3.05, 3.63) is 34.9 Å². The summed E-state index contributed by atoms with van der Waals surface area (Å²) in [5.41, 5.74) is 5.56. The van der Waals surface area contributed by atoms with Crippen LogP contribution < -0.4 is 5.79 Å². The highest BCUT2D eigenvalue weighted by Gasteiger charge is 2.28. The van der Waals surface area contributed by atoms with Crippen molar-refractivity contribution in [2.45, 2.75) is 51.9 Å². The Morgan fingerprint density at radius 3 is 2.46 bits per heavy atom. The summed E-state index contributed by atoms with van der Waals surface area (Å²) in [6.07, 6.45) is 2.59. The smallest absolute Gasteiger partial charge is 0.265 e. The molecule has 0 atom stereocenters. The molecule has 1 aliphatic carbocycles. The van der Waals surface area contributed by atoms with Crippen molar-refractivity contribution in [3.8, 4) is 11.6 Å². The average molecular weight is 317 g/mol. The maximum atomic E-state index is 5.56. The molecule has 1 fully saturated rings. The third-order valence-electron chi connectivity index (χ3n) is 4.66. The highest BCUT2D eigenvalue weighted by molar-refractivity contribution is 6.28. The molecule has 1 aromatic carbocycles. The minimum Gasteiger partial charge on any atom is -0.431 e. The lowest BCUT2D eigenvalue weighted by atomic mass is 9.83. The van der Waals surface area contributed by atoms with Crippen molar-refractivity contribution in [1.82, 2.24) is 15.2 Å². The molecule has 0 N–H and O–H groups in total. The van der Waals surface area contributed by atoms with Crippen LogP contribution in [-0.4, -0.2) is 23.0 Å². The molecule has 120 valence electrons. The molecule has 3 aromatic rings. The van der Waals surface area contributed by atoms with Crippen LogP contribution in [0.25, 0.3) is 22.5 Å². The molecule has 0 spiro atoms. The third-order valence-corrected chi connectivity index (χ3v) is 4.66. The zero-order valence-corrected chi connectivity index (χ0v) is 14.6. The van der Waals surface area contributed by atoms with E-state index >= 15 is 0 Å². The van der Waals surface area contributed by atoms with Gasteiger partial charge >= 0.3 is 0 Å². The topological polar surface area (TPSA) is 51.8 Å². The molecule has 4 nitrogen and oxygen atoms in total. The molecule has 2 heterocycles. The number of aryl methyl sites for hydroxylation is 1. The van der Waals surface area contributed by atoms with Crippen LogP contribution in [0, 0.1) is 6.92 Å². The van der Waals surface area contributed by atoms with Gasteiger partial charge in [-0.2, -0.15) is 0 Å². The molecule has 0 unspecified atom stereocenters. The lowest BCUT2D eigenvalue weighted by Gasteiger charge is -2.23. The molecule has 2 aromatic heterocycles. The van der Waals surface area contributed by atoms with Gasteiger partial charge in [0.2, 0.25) is 0 Å². The Bertz CT molecular complexity index is 936. The van der Waals surface area contributed by atoms with Gasteiger partial charge in [0.1, 0.15) is 5.69 Å². The summed E-state index contributed by atoms with van der Waals surface area (Å²) in [6, 6.07) is 6.63. The standard InChI is InChI=1S/C19H20BN3O/c1-10-7-15(17-22-23-18(20)24-17)21-16-13(10)8-12(11-5-6-11)9-14(16)19(2,3)4/h7-9,11H,5-6H2,1-4H3. The zero-order chi connectivity index (χ0) is 17.1. The number of rotatable bonds is 2.